The lowest BCUT2D eigenvalue weighted by Gasteiger charge is -2.29. The number of hydrogen-bond donors (Lipinski definition) is 0. The van der Waals surface area contributed by atoms with Crippen molar-refractivity contribution in [1.29, 1.82) is 0 Å². The lowest BCUT2D eigenvalue weighted by Crippen LogP contribution is -2.26. The number of aryl methyl sites for hydroxylation is 1. The van der Waals surface area contributed by atoms with Gasteiger partial charge in [0.05, 0.1) is 13.2 Å². The molecular weight excluding hydrogens is 296 g/mol. The topological polar surface area (TPSA) is 18.5 Å². The van der Waals surface area contributed by atoms with Crippen molar-refractivity contribution in [2.24, 2.45) is 5.92 Å². The summed E-state index contributed by atoms with van der Waals surface area (Å²) in [5.41, 5.74) is 5.01. The van der Waals surface area contributed by atoms with Crippen LogP contribution in [0.25, 0.3) is 11.1 Å². The first-order valence-electron chi connectivity index (χ1n) is 9.22. The van der Waals surface area contributed by atoms with Crippen molar-refractivity contribution in [2.75, 3.05) is 13.2 Å². The molecule has 128 valence electrons. The lowest BCUT2D eigenvalue weighted by molar-refractivity contribution is -0.206. The van der Waals surface area contributed by atoms with Crippen molar-refractivity contribution in [3.63, 3.8) is 0 Å². The summed E-state index contributed by atoms with van der Waals surface area (Å²) in [6.45, 7) is 6.03. The Labute approximate surface area is 145 Å². The van der Waals surface area contributed by atoms with Gasteiger partial charge in [0.15, 0.2) is 6.29 Å². The number of ether oxygens (including phenoxy) is 2. The first kappa shape index (κ1) is 17.2. The second kappa shape index (κ2) is 8.46. The van der Waals surface area contributed by atoms with E-state index >= 15 is 0 Å². The Hall–Kier alpha value is -1.64. The van der Waals surface area contributed by atoms with Gasteiger partial charge in [-0.2, -0.15) is 0 Å². The summed E-state index contributed by atoms with van der Waals surface area (Å²) in [6.07, 6.45) is 4.50. The summed E-state index contributed by atoms with van der Waals surface area (Å²) in [7, 11) is 0. The molecule has 2 heteroatoms. The zero-order valence-electron chi connectivity index (χ0n) is 14.8. The minimum Gasteiger partial charge on any atom is -0.348 e. The van der Waals surface area contributed by atoms with Gasteiger partial charge in [-0.05, 0) is 29.5 Å². The van der Waals surface area contributed by atoms with Gasteiger partial charge in [0.1, 0.15) is 0 Å². The van der Waals surface area contributed by atoms with E-state index in [0.29, 0.717) is 5.92 Å². The largest absolute Gasteiger partial charge is 0.348 e. The van der Waals surface area contributed by atoms with Gasteiger partial charge in [0.25, 0.3) is 0 Å². The first-order valence-corrected chi connectivity index (χ1v) is 9.22. The molecule has 0 radical (unpaired) electrons. The van der Waals surface area contributed by atoms with Crippen LogP contribution in [0.3, 0.4) is 0 Å². The molecule has 0 spiro atoms. The lowest BCUT2D eigenvalue weighted by atomic mass is 10.0. The molecule has 0 saturated carbocycles. The van der Waals surface area contributed by atoms with Gasteiger partial charge in [0, 0.05) is 11.5 Å². The molecule has 1 aliphatic rings. The molecule has 2 nitrogen and oxygen atoms in total. The first-order chi connectivity index (χ1) is 11.8. The fraction of sp³-hybridized carbons (Fsp3) is 0.455. The van der Waals surface area contributed by atoms with Crippen LogP contribution in [0.5, 0.6) is 0 Å². The third-order valence-corrected chi connectivity index (χ3v) is 4.67. The highest BCUT2D eigenvalue weighted by atomic mass is 16.7. The van der Waals surface area contributed by atoms with Gasteiger partial charge in [-0.25, -0.2) is 0 Å². The van der Waals surface area contributed by atoms with E-state index in [1.54, 1.807) is 0 Å². The molecule has 0 unspecified atom stereocenters. The molecule has 0 bridgehead atoms. The van der Waals surface area contributed by atoms with E-state index in [2.05, 4.69) is 62.4 Å². The van der Waals surface area contributed by atoms with Gasteiger partial charge in [0.2, 0.25) is 0 Å². The van der Waals surface area contributed by atoms with Crippen LogP contribution in [0, 0.1) is 5.92 Å². The van der Waals surface area contributed by atoms with Crippen LogP contribution in [0.2, 0.25) is 0 Å². The van der Waals surface area contributed by atoms with E-state index < -0.39 is 0 Å². The standard InChI is InChI=1S/C22H28O2/c1-3-5-17-7-9-19(10-8-17)20-11-13-21(14-12-20)22-23-15-18(6-4-2)16-24-22/h7-14,18,22H,3-6,15-16H2,1-2H3. The van der Waals surface area contributed by atoms with Crippen molar-refractivity contribution in [3.8, 4) is 11.1 Å². The predicted molar refractivity (Wildman–Crippen MR) is 98.9 cm³/mol. The molecule has 0 aromatic heterocycles. The zero-order valence-corrected chi connectivity index (χ0v) is 14.8. The fourth-order valence-corrected chi connectivity index (χ4v) is 3.30. The Bertz CT molecular complexity index is 607. The molecule has 2 aromatic carbocycles. The van der Waals surface area contributed by atoms with Gasteiger partial charge in [-0.1, -0.05) is 75.2 Å². The summed E-state index contributed by atoms with van der Waals surface area (Å²) in [4.78, 5) is 0. The van der Waals surface area contributed by atoms with E-state index in [1.165, 1.54) is 36.0 Å². The number of rotatable bonds is 6. The van der Waals surface area contributed by atoms with Crippen molar-refractivity contribution in [1.82, 2.24) is 0 Å². The van der Waals surface area contributed by atoms with Crippen molar-refractivity contribution in [3.05, 3.63) is 59.7 Å². The van der Waals surface area contributed by atoms with Crippen LogP contribution in [-0.2, 0) is 15.9 Å². The minimum absolute atomic E-state index is 0.209. The molecule has 1 aliphatic heterocycles. The molecule has 2 aromatic rings. The van der Waals surface area contributed by atoms with Crippen LogP contribution in [0.15, 0.2) is 48.5 Å². The molecule has 0 amide bonds. The van der Waals surface area contributed by atoms with Crippen LogP contribution in [-0.4, -0.2) is 13.2 Å². The Morgan fingerprint density at radius 3 is 1.92 bits per heavy atom. The average Bonchev–Trinajstić information content (AvgIpc) is 2.64. The Balaban J connectivity index is 1.63. The molecular formula is C22H28O2. The summed E-state index contributed by atoms with van der Waals surface area (Å²) >= 11 is 0. The molecule has 0 N–H and O–H groups in total. The normalized spacial score (nSPS) is 20.9. The quantitative estimate of drug-likeness (QED) is 0.672. The monoisotopic (exact) mass is 324 g/mol. The summed E-state index contributed by atoms with van der Waals surface area (Å²) in [5.74, 6) is 0.548. The number of hydrogen-bond acceptors (Lipinski definition) is 2. The highest BCUT2D eigenvalue weighted by Gasteiger charge is 2.22. The van der Waals surface area contributed by atoms with E-state index in [1.807, 2.05) is 0 Å². The van der Waals surface area contributed by atoms with E-state index in [0.717, 1.165) is 25.2 Å². The smallest absolute Gasteiger partial charge is 0.183 e. The van der Waals surface area contributed by atoms with Gasteiger partial charge in [-0.15, -0.1) is 0 Å². The highest BCUT2D eigenvalue weighted by molar-refractivity contribution is 5.64. The van der Waals surface area contributed by atoms with Gasteiger partial charge >= 0.3 is 0 Å². The molecule has 24 heavy (non-hydrogen) atoms. The molecule has 3 rings (SSSR count). The van der Waals surface area contributed by atoms with Crippen molar-refractivity contribution in [2.45, 2.75) is 45.8 Å². The predicted octanol–water partition coefficient (Wildman–Crippen LogP) is 5.77. The Kier molecular flexibility index (Phi) is 6.06. The summed E-state index contributed by atoms with van der Waals surface area (Å²) in [6, 6.07) is 17.5. The minimum atomic E-state index is -0.209. The summed E-state index contributed by atoms with van der Waals surface area (Å²) in [5, 5.41) is 0. The third kappa shape index (κ3) is 4.25. The Morgan fingerprint density at radius 1 is 0.792 bits per heavy atom. The van der Waals surface area contributed by atoms with E-state index in [4.69, 9.17) is 9.47 Å². The molecule has 1 fully saturated rings. The number of benzene rings is 2. The SMILES string of the molecule is CCCc1ccc(-c2ccc(C3OCC(CCC)CO3)cc2)cc1. The second-order valence-corrected chi connectivity index (χ2v) is 6.72. The Morgan fingerprint density at radius 2 is 1.38 bits per heavy atom. The maximum absolute atomic E-state index is 5.90. The van der Waals surface area contributed by atoms with Gasteiger partial charge < -0.3 is 9.47 Å². The molecule has 1 saturated heterocycles. The molecule has 1 heterocycles. The second-order valence-electron chi connectivity index (χ2n) is 6.72. The molecule has 0 atom stereocenters. The van der Waals surface area contributed by atoms with Crippen molar-refractivity contribution < 1.29 is 9.47 Å². The van der Waals surface area contributed by atoms with Crippen LogP contribution < -0.4 is 0 Å². The highest BCUT2D eigenvalue weighted by Crippen LogP contribution is 2.29. The van der Waals surface area contributed by atoms with E-state index in [9.17, 15) is 0 Å². The van der Waals surface area contributed by atoms with Crippen LogP contribution in [0.4, 0.5) is 0 Å². The van der Waals surface area contributed by atoms with E-state index in [-0.39, 0.29) is 6.29 Å². The van der Waals surface area contributed by atoms with Crippen LogP contribution >= 0.6 is 0 Å². The molecule has 0 aliphatic carbocycles. The van der Waals surface area contributed by atoms with Crippen molar-refractivity contribution >= 4 is 0 Å². The zero-order chi connectivity index (χ0) is 16.8. The maximum Gasteiger partial charge on any atom is 0.183 e. The average molecular weight is 324 g/mol. The van der Waals surface area contributed by atoms with Crippen LogP contribution in [0.1, 0.15) is 50.5 Å². The van der Waals surface area contributed by atoms with Gasteiger partial charge in [-0.3, -0.25) is 0 Å². The maximum atomic E-state index is 5.90. The third-order valence-electron chi connectivity index (χ3n) is 4.67. The fourth-order valence-electron chi connectivity index (χ4n) is 3.30. The summed E-state index contributed by atoms with van der Waals surface area (Å²) < 4.78 is 11.8.